The van der Waals surface area contributed by atoms with E-state index in [4.69, 9.17) is 0 Å². The molecule has 0 saturated carbocycles. The van der Waals surface area contributed by atoms with Gasteiger partial charge >= 0.3 is 0 Å². The van der Waals surface area contributed by atoms with Crippen LogP contribution in [-0.2, 0) is 0 Å². The molecule has 58 valence electrons. The molecule has 1 aliphatic heterocycles. The minimum Gasteiger partial charge on any atom is -0.388 e. The highest BCUT2D eigenvalue weighted by Crippen LogP contribution is 2.31. The third kappa shape index (κ3) is 1.01. The van der Waals surface area contributed by atoms with Gasteiger partial charge in [-0.2, -0.15) is 0 Å². The van der Waals surface area contributed by atoms with Crippen molar-refractivity contribution < 1.29 is 0 Å². The normalized spacial score (nSPS) is 34.6. The standard InChI is InChI=1S/C10H13N/c1-7-3-4-9-6-11-8(2)10(9)5-7/h3-5,9-11H,2,6H2,1H3. The lowest BCUT2D eigenvalue weighted by Gasteiger charge is -2.15. The maximum Gasteiger partial charge on any atom is 0.0246 e. The Balaban J connectivity index is 2.29. The zero-order valence-corrected chi connectivity index (χ0v) is 6.80. The van der Waals surface area contributed by atoms with Gasteiger partial charge in [0.2, 0.25) is 0 Å². The smallest absolute Gasteiger partial charge is 0.0246 e. The summed E-state index contributed by atoms with van der Waals surface area (Å²) >= 11 is 0. The van der Waals surface area contributed by atoms with E-state index in [-0.39, 0.29) is 0 Å². The first-order valence-electron chi connectivity index (χ1n) is 4.06. The molecule has 1 nitrogen and oxygen atoms in total. The number of nitrogens with one attached hydrogen (secondary N) is 1. The van der Waals surface area contributed by atoms with E-state index in [0.717, 1.165) is 6.54 Å². The van der Waals surface area contributed by atoms with E-state index in [1.165, 1.54) is 11.3 Å². The van der Waals surface area contributed by atoms with E-state index in [1.54, 1.807) is 0 Å². The molecule has 0 radical (unpaired) electrons. The van der Waals surface area contributed by atoms with Gasteiger partial charge in [-0.3, -0.25) is 0 Å². The molecule has 1 fully saturated rings. The highest BCUT2D eigenvalue weighted by atomic mass is 14.9. The summed E-state index contributed by atoms with van der Waals surface area (Å²) in [5, 5.41) is 3.29. The Labute approximate surface area is 67.5 Å². The number of rotatable bonds is 0. The van der Waals surface area contributed by atoms with Gasteiger partial charge in [-0.1, -0.05) is 30.4 Å². The highest BCUT2D eigenvalue weighted by molar-refractivity contribution is 5.31. The molecular weight excluding hydrogens is 134 g/mol. The predicted molar refractivity (Wildman–Crippen MR) is 47.0 cm³/mol. The Morgan fingerprint density at radius 2 is 2.45 bits per heavy atom. The summed E-state index contributed by atoms with van der Waals surface area (Å²) in [5.41, 5.74) is 2.54. The van der Waals surface area contributed by atoms with Crippen LogP contribution in [-0.4, -0.2) is 6.54 Å². The van der Waals surface area contributed by atoms with Gasteiger partial charge in [0.1, 0.15) is 0 Å². The molecule has 0 aromatic rings. The fourth-order valence-electron chi connectivity index (χ4n) is 1.78. The molecule has 11 heavy (non-hydrogen) atoms. The summed E-state index contributed by atoms with van der Waals surface area (Å²) in [5.74, 6) is 1.21. The maximum absolute atomic E-state index is 3.98. The van der Waals surface area contributed by atoms with Crippen molar-refractivity contribution >= 4 is 0 Å². The van der Waals surface area contributed by atoms with Crippen LogP contribution in [0.5, 0.6) is 0 Å². The average Bonchev–Trinajstić information content (AvgIpc) is 2.33. The maximum atomic E-state index is 3.98. The van der Waals surface area contributed by atoms with Crippen LogP contribution in [0.15, 0.2) is 36.1 Å². The molecule has 0 aromatic carbocycles. The Morgan fingerprint density at radius 1 is 1.64 bits per heavy atom. The molecule has 0 bridgehead atoms. The van der Waals surface area contributed by atoms with Crippen molar-refractivity contribution in [2.45, 2.75) is 6.92 Å². The highest BCUT2D eigenvalue weighted by Gasteiger charge is 2.27. The van der Waals surface area contributed by atoms with Crippen molar-refractivity contribution in [2.75, 3.05) is 6.54 Å². The molecule has 2 atom stereocenters. The van der Waals surface area contributed by atoms with Crippen LogP contribution in [0.25, 0.3) is 0 Å². The lowest BCUT2D eigenvalue weighted by atomic mass is 9.88. The first-order valence-corrected chi connectivity index (χ1v) is 4.06. The van der Waals surface area contributed by atoms with E-state index in [1.807, 2.05) is 0 Å². The summed E-state index contributed by atoms with van der Waals surface area (Å²) < 4.78 is 0. The van der Waals surface area contributed by atoms with Crippen molar-refractivity contribution in [1.29, 1.82) is 0 Å². The molecule has 0 aromatic heterocycles. The van der Waals surface area contributed by atoms with Crippen LogP contribution in [0.1, 0.15) is 6.92 Å². The van der Waals surface area contributed by atoms with Crippen LogP contribution in [0, 0.1) is 11.8 Å². The third-order valence-electron chi connectivity index (χ3n) is 2.48. The summed E-state index contributed by atoms with van der Waals surface area (Å²) in [6, 6.07) is 0. The van der Waals surface area contributed by atoms with E-state index in [0.29, 0.717) is 11.8 Å². The minimum atomic E-state index is 0.556. The summed E-state index contributed by atoms with van der Waals surface area (Å²) in [6.07, 6.45) is 6.78. The summed E-state index contributed by atoms with van der Waals surface area (Å²) in [7, 11) is 0. The van der Waals surface area contributed by atoms with Gasteiger partial charge in [0.25, 0.3) is 0 Å². The molecule has 0 spiro atoms. The van der Waals surface area contributed by atoms with Crippen LogP contribution in [0.4, 0.5) is 0 Å². The average molecular weight is 147 g/mol. The van der Waals surface area contributed by atoms with Crippen molar-refractivity contribution in [1.82, 2.24) is 5.32 Å². The molecule has 1 aliphatic carbocycles. The number of fused-ring (bicyclic) bond motifs is 1. The van der Waals surface area contributed by atoms with Gasteiger partial charge in [-0.25, -0.2) is 0 Å². The third-order valence-corrected chi connectivity index (χ3v) is 2.48. The molecule has 0 amide bonds. The zero-order valence-electron chi connectivity index (χ0n) is 6.80. The van der Waals surface area contributed by atoms with Gasteiger partial charge in [0, 0.05) is 24.1 Å². The Morgan fingerprint density at radius 3 is 3.27 bits per heavy atom. The monoisotopic (exact) mass is 147 g/mol. The lowest BCUT2D eigenvalue weighted by molar-refractivity contribution is 0.616. The van der Waals surface area contributed by atoms with Crippen molar-refractivity contribution in [2.24, 2.45) is 11.8 Å². The molecular formula is C10H13N. The van der Waals surface area contributed by atoms with E-state index in [2.05, 4.69) is 37.0 Å². The predicted octanol–water partition coefficient (Wildman–Crippen LogP) is 1.85. The fraction of sp³-hybridized carbons (Fsp3) is 0.400. The minimum absolute atomic E-state index is 0.556. The van der Waals surface area contributed by atoms with Crippen molar-refractivity contribution in [3.63, 3.8) is 0 Å². The number of hydrogen-bond acceptors (Lipinski definition) is 1. The van der Waals surface area contributed by atoms with Gasteiger partial charge in [-0.05, 0) is 6.92 Å². The first kappa shape index (κ1) is 6.71. The van der Waals surface area contributed by atoms with E-state index in [9.17, 15) is 0 Å². The second-order valence-electron chi connectivity index (χ2n) is 3.37. The molecule has 1 N–H and O–H groups in total. The van der Waals surface area contributed by atoms with E-state index < -0.39 is 0 Å². The van der Waals surface area contributed by atoms with Gasteiger partial charge in [0.15, 0.2) is 0 Å². The zero-order chi connectivity index (χ0) is 7.84. The quantitative estimate of drug-likeness (QED) is 0.551. The van der Waals surface area contributed by atoms with Crippen LogP contribution >= 0.6 is 0 Å². The van der Waals surface area contributed by atoms with E-state index >= 15 is 0 Å². The van der Waals surface area contributed by atoms with Crippen LogP contribution in [0.3, 0.4) is 0 Å². The van der Waals surface area contributed by atoms with Gasteiger partial charge in [0.05, 0.1) is 0 Å². The van der Waals surface area contributed by atoms with Crippen LogP contribution < -0.4 is 5.32 Å². The number of hydrogen-bond donors (Lipinski definition) is 1. The summed E-state index contributed by atoms with van der Waals surface area (Å²) in [6.45, 7) is 7.18. The molecule has 2 rings (SSSR count). The van der Waals surface area contributed by atoms with Gasteiger partial charge in [-0.15, -0.1) is 0 Å². The molecule has 1 heteroatoms. The molecule has 1 saturated heterocycles. The Bertz CT molecular complexity index is 248. The van der Waals surface area contributed by atoms with Crippen molar-refractivity contribution in [3.8, 4) is 0 Å². The van der Waals surface area contributed by atoms with Crippen LogP contribution in [0.2, 0.25) is 0 Å². The lowest BCUT2D eigenvalue weighted by Crippen LogP contribution is -2.09. The second kappa shape index (κ2) is 2.26. The topological polar surface area (TPSA) is 12.0 Å². The number of allylic oxidation sites excluding steroid dienone is 3. The Kier molecular flexibility index (Phi) is 1.38. The van der Waals surface area contributed by atoms with Crippen molar-refractivity contribution in [3.05, 3.63) is 36.1 Å². The molecule has 2 aliphatic rings. The SMILES string of the molecule is C=C1NCC2C=CC(C)=CC12. The molecule has 2 unspecified atom stereocenters. The second-order valence-corrected chi connectivity index (χ2v) is 3.37. The Hall–Kier alpha value is -0.980. The summed E-state index contributed by atoms with van der Waals surface area (Å²) in [4.78, 5) is 0. The first-order chi connectivity index (χ1) is 5.27. The largest absolute Gasteiger partial charge is 0.388 e. The fourth-order valence-corrected chi connectivity index (χ4v) is 1.78. The van der Waals surface area contributed by atoms with Gasteiger partial charge < -0.3 is 5.32 Å². The molecule has 1 heterocycles.